The standard InChI is InChI=1S/C28H25N3O3/c32-27(30-22-10-12-23(13-11-22)34-24-14-16-29-17-15-24)21-7-4-18-31(19-21)28(33)26-9-3-6-20-5-1-2-8-25(20)26/h1-3,5-6,8-17,21H,4,7,18-19H2,(H,30,32). The number of aromatic nitrogens is 1. The third-order valence-corrected chi connectivity index (χ3v) is 6.11. The van der Waals surface area contributed by atoms with Gasteiger partial charge in [0.2, 0.25) is 5.91 Å². The molecule has 6 nitrogen and oxygen atoms in total. The average molecular weight is 452 g/mol. The summed E-state index contributed by atoms with van der Waals surface area (Å²) in [5.41, 5.74) is 1.38. The molecule has 6 heteroatoms. The van der Waals surface area contributed by atoms with Gasteiger partial charge in [0.15, 0.2) is 0 Å². The Balaban J connectivity index is 1.23. The number of nitrogens with one attached hydrogen (secondary N) is 1. The summed E-state index contributed by atoms with van der Waals surface area (Å²) in [5, 5.41) is 4.97. The van der Waals surface area contributed by atoms with Gasteiger partial charge in [-0.25, -0.2) is 0 Å². The summed E-state index contributed by atoms with van der Waals surface area (Å²) < 4.78 is 5.77. The summed E-state index contributed by atoms with van der Waals surface area (Å²) in [6.07, 6.45) is 4.90. The van der Waals surface area contributed by atoms with Crippen LogP contribution in [-0.2, 0) is 4.79 Å². The van der Waals surface area contributed by atoms with E-state index in [1.54, 1.807) is 29.4 Å². The first-order chi connectivity index (χ1) is 16.7. The van der Waals surface area contributed by atoms with Gasteiger partial charge < -0.3 is 15.0 Å². The van der Waals surface area contributed by atoms with Crippen molar-refractivity contribution in [3.8, 4) is 11.5 Å². The Kier molecular flexibility index (Phi) is 6.21. The van der Waals surface area contributed by atoms with Crippen molar-refractivity contribution in [1.29, 1.82) is 0 Å². The number of carbonyl (C=O) groups excluding carboxylic acids is 2. The lowest BCUT2D eigenvalue weighted by molar-refractivity contribution is -0.121. The lowest BCUT2D eigenvalue weighted by atomic mass is 9.95. The van der Waals surface area contributed by atoms with Gasteiger partial charge in [0.05, 0.1) is 5.92 Å². The fraction of sp³-hybridized carbons (Fsp3) is 0.179. The first kappa shape index (κ1) is 21.6. The Hall–Kier alpha value is -4.19. The molecule has 1 unspecified atom stereocenters. The van der Waals surface area contributed by atoms with E-state index in [-0.39, 0.29) is 17.7 Å². The largest absolute Gasteiger partial charge is 0.457 e. The van der Waals surface area contributed by atoms with E-state index in [0.29, 0.717) is 35.8 Å². The van der Waals surface area contributed by atoms with Crippen LogP contribution in [0.2, 0.25) is 0 Å². The van der Waals surface area contributed by atoms with Crippen LogP contribution < -0.4 is 10.1 Å². The van der Waals surface area contributed by atoms with Gasteiger partial charge >= 0.3 is 0 Å². The van der Waals surface area contributed by atoms with Crippen LogP contribution in [0.25, 0.3) is 10.8 Å². The van der Waals surface area contributed by atoms with Crippen molar-refractivity contribution in [2.45, 2.75) is 12.8 Å². The topological polar surface area (TPSA) is 71.5 Å². The van der Waals surface area contributed by atoms with Crippen LogP contribution in [0.3, 0.4) is 0 Å². The normalized spacial score (nSPS) is 15.6. The first-order valence-corrected chi connectivity index (χ1v) is 11.4. The molecule has 34 heavy (non-hydrogen) atoms. The Morgan fingerprint density at radius 1 is 0.882 bits per heavy atom. The molecule has 1 atom stereocenters. The number of hydrogen-bond donors (Lipinski definition) is 1. The van der Waals surface area contributed by atoms with E-state index in [9.17, 15) is 9.59 Å². The van der Waals surface area contributed by atoms with Crippen LogP contribution in [0.15, 0.2) is 91.3 Å². The van der Waals surface area contributed by atoms with Gasteiger partial charge in [-0.15, -0.1) is 0 Å². The van der Waals surface area contributed by atoms with Crippen molar-refractivity contribution in [3.05, 3.63) is 96.8 Å². The van der Waals surface area contributed by atoms with Crippen molar-refractivity contribution in [2.24, 2.45) is 5.92 Å². The molecule has 1 aliphatic rings. The third-order valence-electron chi connectivity index (χ3n) is 6.11. The first-order valence-electron chi connectivity index (χ1n) is 11.4. The summed E-state index contributed by atoms with van der Waals surface area (Å²) in [6, 6.07) is 24.5. The second kappa shape index (κ2) is 9.75. The lowest BCUT2D eigenvalue weighted by Crippen LogP contribution is -2.43. The SMILES string of the molecule is O=C(Nc1ccc(Oc2ccncc2)cc1)C1CCCN(C(=O)c2cccc3ccccc23)C1. The number of carbonyl (C=O) groups is 2. The minimum atomic E-state index is -0.250. The highest BCUT2D eigenvalue weighted by Crippen LogP contribution is 2.26. The Morgan fingerprint density at radius 2 is 1.62 bits per heavy atom. The minimum absolute atomic E-state index is 0.0214. The van der Waals surface area contributed by atoms with E-state index < -0.39 is 0 Å². The van der Waals surface area contributed by atoms with Crippen molar-refractivity contribution < 1.29 is 14.3 Å². The summed E-state index contributed by atoms with van der Waals surface area (Å²) in [5.74, 6) is 1.03. The molecule has 0 bridgehead atoms. The van der Waals surface area contributed by atoms with Gasteiger partial charge in [-0.1, -0.05) is 36.4 Å². The smallest absolute Gasteiger partial charge is 0.254 e. The van der Waals surface area contributed by atoms with E-state index in [0.717, 1.165) is 23.6 Å². The third kappa shape index (κ3) is 4.76. The maximum Gasteiger partial charge on any atom is 0.254 e. The van der Waals surface area contributed by atoms with Crippen LogP contribution in [0, 0.1) is 5.92 Å². The second-order valence-electron chi connectivity index (χ2n) is 8.42. The average Bonchev–Trinajstić information content (AvgIpc) is 2.90. The summed E-state index contributed by atoms with van der Waals surface area (Å²) in [4.78, 5) is 32.1. The van der Waals surface area contributed by atoms with Crippen LogP contribution in [0.1, 0.15) is 23.2 Å². The van der Waals surface area contributed by atoms with E-state index in [2.05, 4.69) is 10.3 Å². The maximum atomic E-state index is 13.3. The van der Waals surface area contributed by atoms with E-state index >= 15 is 0 Å². The minimum Gasteiger partial charge on any atom is -0.457 e. The second-order valence-corrected chi connectivity index (χ2v) is 8.42. The number of fused-ring (bicyclic) bond motifs is 1. The highest BCUT2D eigenvalue weighted by atomic mass is 16.5. The zero-order chi connectivity index (χ0) is 23.3. The molecule has 1 aliphatic heterocycles. The molecule has 1 aromatic heterocycles. The summed E-state index contributed by atoms with van der Waals surface area (Å²) in [7, 11) is 0. The van der Waals surface area contributed by atoms with Gasteiger partial charge in [-0.2, -0.15) is 0 Å². The van der Waals surface area contributed by atoms with E-state index in [4.69, 9.17) is 4.74 Å². The van der Waals surface area contributed by atoms with Gasteiger partial charge in [0, 0.05) is 36.7 Å². The lowest BCUT2D eigenvalue weighted by Gasteiger charge is -2.32. The van der Waals surface area contributed by atoms with Crippen molar-refractivity contribution in [1.82, 2.24) is 9.88 Å². The molecule has 5 rings (SSSR count). The van der Waals surface area contributed by atoms with Crippen LogP contribution in [0.5, 0.6) is 11.5 Å². The van der Waals surface area contributed by atoms with Gasteiger partial charge in [0.1, 0.15) is 11.5 Å². The number of nitrogens with zero attached hydrogens (tertiary/aromatic N) is 2. The molecule has 0 spiro atoms. The van der Waals surface area contributed by atoms with E-state index in [1.807, 2.05) is 66.7 Å². The zero-order valence-corrected chi connectivity index (χ0v) is 18.7. The summed E-state index contributed by atoms with van der Waals surface area (Å²) >= 11 is 0. The number of anilines is 1. The van der Waals surface area contributed by atoms with E-state index in [1.165, 1.54) is 0 Å². The quantitative estimate of drug-likeness (QED) is 0.434. The number of benzene rings is 3. The summed E-state index contributed by atoms with van der Waals surface area (Å²) in [6.45, 7) is 1.07. The number of hydrogen-bond acceptors (Lipinski definition) is 4. The molecule has 2 heterocycles. The predicted molar refractivity (Wildman–Crippen MR) is 132 cm³/mol. The Morgan fingerprint density at radius 3 is 2.44 bits per heavy atom. The predicted octanol–water partition coefficient (Wildman–Crippen LogP) is 5.52. The van der Waals surface area contributed by atoms with Crippen molar-refractivity contribution in [2.75, 3.05) is 18.4 Å². The zero-order valence-electron chi connectivity index (χ0n) is 18.7. The maximum absolute atomic E-state index is 13.3. The molecule has 2 amide bonds. The number of rotatable bonds is 5. The van der Waals surface area contributed by atoms with Crippen LogP contribution in [-0.4, -0.2) is 34.8 Å². The number of piperidine rings is 1. The monoisotopic (exact) mass is 451 g/mol. The Labute approximate surface area is 198 Å². The van der Waals surface area contributed by atoms with Gasteiger partial charge in [-0.05, 0) is 66.1 Å². The number of pyridine rings is 1. The molecule has 0 saturated carbocycles. The highest BCUT2D eigenvalue weighted by molar-refractivity contribution is 6.07. The molecule has 1 N–H and O–H groups in total. The fourth-order valence-corrected chi connectivity index (χ4v) is 4.35. The number of likely N-dealkylation sites (tertiary alicyclic amines) is 1. The fourth-order valence-electron chi connectivity index (χ4n) is 4.35. The molecule has 4 aromatic rings. The van der Waals surface area contributed by atoms with Crippen molar-refractivity contribution in [3.63, 3.8) is 0 Å². The molecule has 1 fully saturated rings. The number of ether oxygens (including phenoxy) is 1. The van der Waals surface area contributed by atoms with Crippen LogP contribution >= 0.6 is 0 Å². The molecule has 0 aliphatic carbocycles. The van der Waals surface area contributed by atoms with Crippen molar-refractivity contribution >= 4 is 28.3 Å². The molecule has 170 valence electrons. The van der Waals surface area contributed by atoms with Gasteiger partial charge in [0.25, 0.3) is 5.91 Å². The number of amides is 2. The van der Waals surface area contributed by atoms with Crippen LogP contribution in [0.4, 0.5) is 5.69 Å². The molecule has 3 aromatic carbocycles. The molecular formula is C28H25N3O3. The highest BCUT2D eigenvalue weighted by Gasteiger charge is 2.29. The van der Waals surface area contributed by atoms with Gasteiger partial charge in [-0.3, -0.25) is 14.6 Å². The molecular weight excluding hydrogens is 426 g/mol. The molecule has 1 saturated heterocycles. The Bertz CT molecular complexity index is 1300. The molecule has 0 radical (unpaired) electrons.